The lowest BCUT2D eigenvalue weighted by Crippen LogP contribution is -2.23. The van der Waals surface area contributed by atoms with Crippen LogP contribution in [0, 0.1) is 0 Å². The Morgan fingerprint density at radius 2 is 1.89 bits per heavy atom. The number of rotatable bonds is 5. The SMILES string of the molecule is O=C(CCN1CCCC1)OCc1ccc(Cl)cc1. The van der Waals surface area contributed by atoms with Crippen LogP contribution in [0.5, 0.6) is 0 Å². The van der Waals surface area contributed by atoms with Crippen molar-refractivity contribution in [2.24, 2.45) is 0 Å². The fourth-order valence-electron chi connectivity index (χ4n) is 2.07. The predicted octanol–water partition coefficient (Wildman–Crippen LogP) is 2.87. The molecule has 0 aliphatic carbocycles. The van der Waals surface area contributed by atoms with E-state index in [4.69, 9.17) is 16.3 Å². The second-order valence-corrected chi connectivity index (χ2v) is 5.02. The molecule has 0 bridgehead atoms. The molecule has 1 aliphatic rings. The fraction of sp³-hybridized carbons (Fsp3) is 0.500. The average Bonchev–Trinajstić information content (AvgIpc) is 2.89. The van der Waals surface area contributed by atoms with Crippen LogP contribution in [0.15, 0.2) is 24.3 Å². The van der Waals surface area contributed by atoms with Crippen LogP contribution in [0.4, 0.5) is 0 Å². The molecule has 0 spiro atoms. The minimum atomic E-state index is -0.128. The van der Waals surface area contributed by atoms with E-state index in [0.29, 0.717) is 18.1 Å². The molecule has 98 valence electrons. The van der Waals surface area contributed by atoms with Gasteiger partial charge in [-0.15, -0.1) is 0 Å². The lowest BCUT2D eigenvalue weighted by molar-refractivity contribution is -0.145. The van der Waals surface area contributed by atoms with Gasteiger partial charge in [0.05, 0.1) is 6.42 Å². The van der Waals surface area contributed by atoms with Crippen molar-refractivity contribution in [1.29, 1.82) is 0 Å². The van der Waals surface area contributed by atoms with Gasteiger partial charge in [0.25, 0.3) is 0 Å². The first-order valence-electron chi connectivity index (χ1n) is 6.36. The molecule has 1 saturated heterocycles. The maximum Gasteiger partial charge on any atom is 0.307 e. The molecule has 0 saturated carbocycles. The number of nitrogens with zero attached hydrogens (tertiary/aromatic N) is 1. The maximum atomic E-state index is 11.6. The van der Waals surface area contributed by atoms with Gasteiger partial charge in [-0.3, -0.25) is 4.79 Å². The molecular formula is C14H18ClNO2. The van der Waals surface area contributed by atoms with E-state index in [1.165, 1.54) is 12.8 Å². The van der Waals surface area contributed by atoms with Crippen LogP contribution in [-0.4, -0.2) is 30.5 Å². The minimum absolute atomic E-state index is 0.128. The van der Waals surface area contributed by atoms with Gasteiger partial charge in [0, 0.05) is 11.6 Å². The molecule has 0 N–H and O–H groups in total. The van der Waals surface area contributed by atoms with Crippen molar-refractivity contribution < 1.29 is 9.53 Å². The van der Waals surface area contributed by atoms with Crippen LogP contribution in [0.3, 0.4) is 0 Å². The second kappa shape index (κ2) is 6.76. The Balaban J connectivity index is 1.66. The zero-order valence-corrected chi connectivity index (χ0v) is 11.2. The number of hydrogen-bond acceptors (Lipinski definition) is 3. The van der Waals surface area contributed by atoms with E-state index in [0.717, 1.165) is 25.2 Å². The number of carbonyl (C=O) groups excluding carboxylic acids is 1. The average molecular weight is 268 g/mol. The highest BCUT2D eigenvalue weighted by molar-refractivity contribution is 6.30. The quantitative estimate of drug-likeness (QED) is 0.769. The molecule has 0 unspecified atom stereocenters. The van der Waals surface area contributed by atoms with E-state index in [2.05, 4.69) is 4.90 Å². The van der Waals surface area contributed by atoms with E-state index in [1.54, 1.807) is 12.1 Å². The molecule has 18 heavy (non-hydrogen) atoms. The third kappa shape index (κ3) is 4.31. The highest BCUT2D eigenvalue weighted by Gasteiger charge is 2.13. The third-order valence-electron chi connectivity index (χ3n) is 3.14. The van der Waals surface area contributed by atoms with E-state index in [1.807, 2.05) is 12.1 Å². The molecule has 0 amide bonds. The van der Waals surface area contributed by atoms with Crippen molar-refractivity contribution in [2.45, 2.75) is 25.9 Å². The molecular weight excluding hydrogens is 250 g/mol. The van der Waals surface area contributed by atoms with Gasteiger partial charge < -0.3 is 9.64 Å². The van der Waals surface area contributed by atoms with Crippen molar-refractivity contribution in [2.75, 3.05) is 19.6 Å². The molecule has 1 aromatic rings. The molecule has 0 aromatic heterocycles. The van der Waals surface area contributed by atoms with Crippen molar-refractivity contribution >= 4 is 17.6 Å². The zero-order valence-electron chi connectivity index (χ0n) is 10.4. The summed E-state index contributed by atoms with van der Waals surface area (Å²) in [6, 6.07) is 7.34. The summed E-state index contributed by atoms with van der Waals surface area (Å²) < 4.78 is 5.22. The number of halogens is 1. The van der Waals surface area contributed by atoms with Gasteiger partial charge in [-0.05, 0) is 43.6 Å². The van der Waals surface area contributed by atoms with E-state index < -0.39 is 0 Å². The fourth-order valence-corrected chi connectivity index (χ4v) is 2.20. The van der Waals surface area contributed by atoms with Crippen LogP contribution < -0.4 is 0 Å². The van der Waals surface area contributed by atoms with Gasteiger partial charge in [0.1, 0.15) is 6.61 Å². The Hall–Kier alpha value is -1.06. The Kier molecular flexibility index (Phi) is 5.02. The van der Waals surface area contributed by atoms with Gasteiger partial charge in [-0.2, -0.15) is 0 Å². The van der Waals surface area contributed by atoms with Crippen LogP contribution >= 0.6 is 11.6 Å². The molecule has 2 rings (SSSR count). The largest absolute Gasteiger partial charge is 0.461 e. The normalized spacial score (nSPS) is 15.8. The monoisotopic (exact) mass is 267 g/mol. The van der Waals surface area contributed by atoms with Gasteiger partial charge in [0.15, 0.2) is 0 Å². The van der Waals surface area contributed by atoms with Crippen LogP contribution in [0.2, 0.25) is 5.02 Å². The lowest BCUT2D eigenvalue weighted by atomic mass is 10.2. The highest BCUT2D eigenvalue weighted by atomic mass is 35.5. The van der Waals surface area contributed by atoms with E-state index in [-0.39, 0.29) is 5.97 Å². The number of ether oxygens (including phenoxy) is 1. The van der Waals surface area contributed by atoms with Gasteiger partial charge in [-0.1, -0.05) is 23.7 Å². The van der Waals surface area contributed by atoms with Crippen molar-refractivity contribution in [3.63, 3.8) is 0 Å². The first-order chi connectivity index (χ1) is 8.74. The van der Waals surface area contributed by atoms with Gasteiger partial charge >= 0.3 is 5.97 Å². The summed E-state index contributed by atoms with van der Waals surface area (Å²) >= 11 is 5.78. The maximum absolute atomic E-state index is 11.6. The Morgan fingerprint density at radius 1 is 1.22 bits per heavy atom. The number of hydrogen-bond donors (Lipinski definition) is 0. The van der Waals surface area contributed by atoms with Crippen molar-refractivity contribution in [3.8, 4) is 0 Å². The first-order valence-corrected chi connectivity index (χ1v) is 6.74. The Bertz CT molecular complexity index is 385. The third-order valence-corrected chi connectivity index (χ3v) is 3.40. The summed E-state index contributed by atoms with van der Waals surface area (Å²) in [6.07, 6.45) is 2.98. The van der Waals surface area contributed by atoms with Crippen LogP contribution in [-0.2, 0) is 16.1 Å². The Morgan fingerprint density at radius 3 is 2.56 bits per heavy atom. The zero-order chi connectivity index (χ0) is 12.8. The number of esters is 1. The summed E-state index contributed by atoms with van der Waals surface area (Å²) in [5.74, 6) is -0.128. The molecule has 1 aliphatic heterocycles. The predicted molar refractivity (Wildman–Crippen MR) is 71.5 cm³/mol. The van der Waals surface area contributed by atoms with Crippen molar-refractivity contribution in [3.05, 3.63) is 34.9 Å². The molecule has 0 atom stereocenters. The standard InChI is InChI=1S/C14H18ClNO2/c15-13-5-3-12(4-6-13)11-18-14(17)7-10-16-8-1-2-9-16/h3-6H,1-2,7-11H2. The van der Waals surface area contributed by atoms with Gasteiger partial charge in [-0.25, -0.2) is 0 Å². The molecule has 3 nitrogen and oxygen atoms in total. The second-order valence-electron chi connectivity index (χ2n) is 4.59. The van der Waals surface area contributed by atoms with Gasteiger partial charge in [0.2, 0.25) is 0 Å². The van der Waals surface area contributed by atoms with E-state index in [9.17, 15) is 4.79 Å². The first kappa shape index (κ1) is 13.4. The molecule has 1 fully saturated rings. The summed E-state index contributed by atoms with van der Waals surface area (Å²) in [6.45, 7) is 3.38. The summed E-state index contributed by atoms with van der Waals surface area (Å²) in [5.41, 5.74) is 0.967. The lowest BCUT2D eigenvalue weighted by Gasteiger charge is -2.13. The molecule has 1 heterocycles. The smallest absolute Gasteiger partial charge is 0.307 e. The molecule has 0 radical (unpaired) electrons. The summed E-state index contributed by atoms with van der Waals surface area (Å²) in [5, 5.41) is 0.694. The Labute approximate surface area is 113 Å². The number of carbonyl (C=O) groups is 1. The van der Waals surface area contributed by atoms with Crippen LogP contribution in [0.1, 0.15) is 24.8 Å². The van der Waals surface area contributed by atoms with Crippen LogP contribution in [0.25, 0.3) is 0 Å². The summed E-state index contributed by atoms with van der Waals surface area (Å²) in [4.78, 5) is 13.9. The van der Waals surface area contributed by atoms with E-state index >= 15 is 0 Å². The molecule has 1 aromatic carbocycles. The summed E-state index contributed by atoms with van der Waals surface area (Å²) in [7, 11) is 0. The molecule has 4 heteroatoms. The van der Waals surface area contributed by atoms with Crippen molar-refractivity contribution in [1.82, 2.24) is 4.90 Å². The number of likely N-dealkylation sites (tertiary alicyclic amines) is 1. The number of benzene rings is 1. The topological polar surface area (TPSA) is 29.5 Å². The minimum Gasteiger partial charge on any atom is -0.461 e. The highest BCUT2D eigenvalue weighted by Crippen LogP contribution is 2.11.